The molecule has 2 N–H and O–H groups in total. The van der Waals surface area contributed by atoms with Gasteiger partial charge in [0, 0.05) is 24.1 Å². The number of carbonyl (C=O) groups is 2. The van der Waals surface area contributed by atoms with Crippen molar-refractivity contribution in [1.29, 1.82) is 0 Å². The van der Waals surface area contributed by atoms with Gasteiger partial charge in [0.15, 0.2) is 0 Å². The van der Waals surface area contributed by atoms with E-state index in [-0.39, 0.29) is 11.7 Å². The largest absolute Gasteiger partial charge is 0.508 e. The number of nitrogens with zero attached hydrogens (tertiary/aromatic N) is 1. The van der Waals surface area contributed by atoms with Gasteiger partial charge in [-0.05, 0) is 23.8 Å². The summed E-state index contributed by atoms with van der Waals surface area (Å²) in [7, 11) is 0. The molecule has 1 aromatic rings. The minimum Gasteiger partial charge on any atom is -0.508 e. The minimum absolute atomic E-state index is 0.160. The molecule has 5 nitrogen and oxygen atoms in total. The Labute approximate surface area is 120 Å². The number of phenolic OH excluding ortho intramolecular Hbond substituents is 1. The predicted molar refractivity (Wildman–Crippen MR) is 77.6 cm³/mol. The molecule has 1 amide bonds. The van der Waals surface area contributed by atoms with Gasteiger partial charge in [-0.25, -0.2) is 4.79 Å². The lowest BCUT2D eigenvalue weighted by Crippen LogP contribution is -2.49. The van der Waals surface area contributed by atoms with Crippen LogP contribution in [-0.4, -0.2) is 51.1 Å². The van der Waals surface area contributed by atoms with E-state index in [0.717, 1.165) is 11.3 Å². The highest BCUT2D eigenvalue weighted by molar-refractivity contribution is 7.99. The summed E-state index contributed by atoms with van der Waals surface area (Å²) in [5, 5.41) is 18.3. The summed E-state index contributed by atoms with van der Waals surface area (Å²) in [4.78, 5) is 24.6. The molecule has 106 valence electrons. The van der Waals surface area contributed by atoms with Gasteiger partial charge in [-0.15, -0.1) is 0 Å². The van der Waals surface area contributed by atoms with Gasteiger partial charge < -0.3 is 15.1 Å². The first-order valence-electron chi connectivity index (χ1n) is 6.16. The second kappa shape index (κ2) is 6.47. The molecular weight excluding hydrogens is 278 g/mol. The topological polar surface area (TPSA) is 77.8 Å². The Kier molecular flexibility index (Phi) is 4.68. The Morgan fingerprint density at radius 2 is 2.00 bits per heavy atom. The Balaban J connectivity index is 2.06. The van der Waals surface area contributed by atoms with Crippen molar-refractivity contribution in [3.05, 3.63) is 35.9 Å². The van der Waals surface area contributed by atoms with Crippen LogP contribution in [0.3, 0.4) is 0 Å². The van der Waals surface area contributed by atoms with E-state index in [2.05, 4.69) is 0 Å². The number of benzene rings is 1. The zero-order valence-corrected chi connectivity index (χ0v) is 11.5. The molecule has 0 aliphatic carbocycles. The summed E-state index contributed by atoms with van der Waals surface area (Å²) in [6.07, 6.45) is 2.99. The zero-order valence-electron chi connectivity index (χ0n) is 10.7. The number of aliphatic carboxylic acids is 1. The third-order valence-corrected chi connectivity index (χ3v) is 4.03. The van der Waals surface area contributed by atoms with E-state index in [0.29, 0.717) is 12.3 Å². The summed E-state index contributed by atoms with van der Waals surface area (Å²) in [5.74, 6) is 0.0679. The number of rotatable bonds is 3. The van der Waals surface area contributed by atoms with E-state index in [1.165, 1.54) is 23.1 Å². The molecular formula is C14H15NO4S. The Bertz CT molecular complexity index is 526. The van der Waals surface area contributed by atoms with E-state index in [1.54, 1.807) is 30.0 Å². The third-order valence-electron chi connectivity index (χ3n) is 3.01. The van der Waals surface area contributed by atoms with Crippen LogP contribution in [0.15, 0.2) is 30.3 Å². The number of phenols is 1. The van der Waals surface area contributed by atoms with Crippen LogP contribution in [-0.2, 0) is 9.59 Å². The van der Waals surface area contributed by atoms with Gasteiger partial charge >= 0.3 is 5.97 Å². The van der Waals surface area contributed by atoms with E-state index < -0.39 is 12.0 Å². The fraction of sp³-hybridized carbons (Fsp3) is 0.286. The van der Waals surface area contributed by atoms with E-state index >= 15 is 0 Å². The standard InChI is InChI=1S/C14H15NO4S/c16-11-4-1-10(2-5-11)3-6-13(17)15-7-8-20-9-12(15)14(18)19/h1-6,12,16H,7-9H2,(H,18,19)/b6-3+. The molecule has 1 atom stereocenters. The number of thioether (sulfide) groups is 1. The second-order valence-electron chi connectivity index (χ2n) is 4.39. The highest BCUT2D eigenvalue weighted by Crippen LogP contribution is 2.18. The Morgan fingerprint density at radius 3 is 2.65 bits per heavy atom. The van der Waals surface area contributed by atoms with E-state index in [9.17, 15) is 9.59 Å². The highest BCUT2D eigenvalue weighted by atomic mass is 32.2. The van der Waals surface area contributed by atoms with Gasteiger partial charge in [-0.3, -0.25) is 4.79 Å². The molecule has 0 aromatic heterocycles. The van der Waals surface area contributed by atoms with Crippen molar-refractivity contribution >= 4 is 29.7 Å². The second-order valence-corrected chi connectivity index (χ2v) is 5.54. The van der Waals surface area contributed by atoms with E-state index in [1.807, 2.05) is 0 Å². The lowest BCUT2D eigenvalue weighted by Gasteiger charge is -2.31. The van der Waals surface area contributed by atoms with Gasteiger partial charge in [0.1, 0.15) is 11.8 Å². The first kappa shape index (κ1) is 14.5. The molecule has 1 aromatic carbocycles. The van der Waals surface area contributed by atoms with Crippen molar-refractivity contribution in [3.63, 3.8) is 0 Å². The monoisotopic (exact) mass is 293 g/mol. The van der Waals surface area contributed by atoms with Gasteiger partial charge in [-0.2, -0.15) is 11.8 Å². The van der Waals surface area contributed by atoms with Crippen LogP contribution < -0.4 is 0 Å². The number of aromatic hydroxyl groups is 1. The average molecular weight is 293 g/mol. The van der Waals surface area contributed by atoms with Gasteiger partial charge in [0.2, 0.25) is 5.91 Å². The SMILES string of the molecule is O=C(O)C1CSCCN1C(=O)/C=C/c1ccc(O)cc1. The lowest BCUT2D eigenvalue weighted by atomic mass is 10.2. The van der Waals surface area contributed by atoms with Crippen LogP contribution in [0.2, 0.25) is 0 Å². The highest BCUT2D eigenvalue weighted by Gasteiger charge is 2.31. The molecule has 1 unspecified atom stereocenters. The summed E-state index contributed by atoms with van der Waals surface area (Å²) >= 11 is 1.54. The zero-order chi connectivity index (χ0) is 14.5. The van der Waals surface area contributed by atoms with Gasteiger partial charge in [0.25, 0.3) is 0 Å². The number of carboxylic acid groups (broad SMARTS) is 1. The summed E-state index contributed by atoms with van der Waals surface area (Å²) in [6.45, 7) is 0.445. The fourth-order valence-corrected chi connectivity index (χ4v) is 2.96. The lowest BCUT2D eigenvalue weighted by molar-refractivity contribution is -0.147. The van der Waals surface area contributed by atoms with Crippen molar-refractivity contribution in [2.24, 2.45) is 0 Å². The number of carbonyl (C=O) groups excluding carboxylic acids is 1. The molecule has 0 spiro atoms. The van der Waals surface area contributed by atoms with Crippen molar-refractivity contribution in [3.8, 4) is 5.75 Å². The summed E-state index contributed by atoms with van der Waals surface area (Å²) < 4.78 is 0. The molecule has 1 saturated heterocycles. The molecule has 0 bridgehead atoms. The van der Waals surface area contributed by atoms with Crippen molar-refractivity contribution in [2.75, 3.05) is 18.1 Å². The smallest absolute Gasteiger partial charge is 0.327 e. The first-order chi connectivity index (χ1) is 9.58. The van der Waals surface area contributed by atoms with Crippen molar-refractivity contribution < 1.29 is 19.8 Å². The molecule has 0 radical (unpaired) electrons. The maximum absolute atomic E-state index is 12.1. The molecule has 1 fully saturated rings. The Hall–Kier alpha value is -1.95. The quantitative estimate of drug-likeness (QED) is 0.824. The fourth-order valence-electron chi connectivity index (χ4n) is 1.92. The number of amides is 1. The van der Waals surface area contributed by atoms with Crippen molar-refractivity contribution in [1.82, 2.24) is 4.90 Å². The van der Waals surface area contributed by atoms with Crippen molar-refractivity contribution in [2.45, 2.75) is 6.04 Å². The average Bonchev–Trinajstić information content (AvgIpc) is 2.46. The normalized spacial score (nSPS) is 19.2. The van der Waals surface area contributed by atoms with Crippen LogP contribution in [0.5, 0.6) is 5.75 Å². The maximum Gasteiger partial charge on any atom is 0.327 e. The van der Waals surface area contributed by atoms with Gasteiger partial charge in [0.05, 0.1) is 0 Å². The summed E-state index contributed by atoms with van der Waals surface area (Å²) in [6, 6.07) is 5.66. The maximum atomic E-state index is 12.1. The molecule has 1 aliphatic rings. The van der Waals surface area contributed by atoms with E-state index in [4.69, 9.17) is 10.2 Å². The molecule has 1 aliphatic heterocycles. The van der Waals surface area contributed by atoms with Gasteiger partial charge in [-0.1, -0.05) is 12.1 Å². The first-order valence-corrected chi connectivity index (χ1v) is 7.31. The number of carboxylic acids is 1. The molecule has 6 heteroatoms. The number of hydrogen-bond donors (Lipinski definition) is 2. The van der Waals surface area contributed by atoms with Crippen LogP contribution in [0.1, 0.15) is 5.56 Å². The molecule has 2 rings (SSSR count). The third kappa shape index (κ3) is 3.54. The van der Waals surface area contributed by atoms with Crippen LogP contribution in [0.4, 0.5) is 0 Å². The molecule has 1 heterocycles. The van der Waals surface area contributed by atoms with Crippen LogP contribution in [0.25, 0.3) is 6.08 Å². The minimum atomic E-state index is -0.969. The molecule has 0 saturated carbocycles. The Morgan fingerprint density at radius 1 is 1.30 bits per heavy atom. The van der Waals surface area contributed by atoms with Crippen LogP contribution >= 0.6 is 11.8 Å². The summed E-state index contributed by atoms with van der Waals surface area (Å²) in [5.41, 5.74) is 0.773. The predicted octanol–water partition coefficient (Wildman–Crippen LogP) is 1.43. The van der Waals surface area contributed by atoms with Crippen LogP contribution in [0, 0.1) is 0 Å². The molecule has 20 heavy (non-hydrogen) atoms. The number of hydrogen-bond acceptors (Lipinski definition) is 4.